The van der Waals surface area contributed by atoms with Crippen molar-refractivity contribution in [3.8, 4) is 0 Å². The second-order valence-corrected chi connectivity index (χ2v) is 8.72. The number of anilines is 1. The third-order valence-corrected chi connectivity index (χ3v) is 6.85. The third-order valence-electron chi connectivity index (χ3n) is 4.47. The van der Waals surface area contributed by atoms with Gasteiger partial charge in [-0.3, -0.25) is 15.6 Å². The van der Waals surface area contributed by atoms with Crippen molar-refractivity contribution < 1.29 is 13.2 Å². The van der Waals surface area contributed by atoms with E-state index in [4.69, 9.17) is 11.6 Å². The van der Waals surface area contributed by atoms with E-state index in [0.717, 1.165) is 31.4 Å². The van der Waals surface area contributed by atoms with Crippen LogP contribution in [0.25, 0.3) is 0 Å². The van der Waals surface area contributed by atoms with E-state index in [1.807, 2.05) is 18.2 Å². The largest absolute Gasteiger partial charge is 0.298 e. The smallest absolute Gasteiger partial charge is 0.269 e. The number of hydrazine groups is 1. The molecule has 0 saturated carbocycles. The molecule has 0 unspecified atom stereocenters. The lowest BCUT2D eigenvalue weighted by Crippen LogP contribution is -2.33. The fourth-order valence-corrected chi connectivity index (χ4v) is 5.00. The molecule has 8 heteroatoms. The molecule has 144 valence electrons. The van der Waals surface area contributed by atoms with Crippen LogP contribution in [0.2, 0.25) is 5.02 Å². The molecule has 6 nitrogen and oxygen atoms in total. The summed E-state index contributed by atoms with van der Waals surface area (Å²) in [6, 6.07) is 13.4. The minimum Gasteiger partial charge on any atom is -0.298 e. The van der Waals surface area contributed by atoms with E-state index in [1.54, 1.807) is 12.1 Å². The first-order valence-electron chi connectivity index (χ1n) is 8.89. The lowest BCUT2D eigenvalue weighted by Gasteiger charge is -2.21. The summed E-state index contributed by atoms with van der Waals surface area (Å²) >= 11 is 6.17. The molecule has 0 spiro atoms. The van der Waals surface area contributed by atoms with Crippen LogP contribution >= 0.6 is 11.6 Å². The second kappa shape index (κ2) is 8.73. The molecule has 1 heterocycles. The van der Waals surface area contributed by atoms with Crippen molar-refractivity contribution in [2.24, 2.45) is 0 Å². The van der Waals surface area contributed by atoms with Crippen LogP contribution in [0.5, 0.6) is 0 Å². The first-order chi connectivity index (χ1) is 13.0. The van der Waals surface area contributed by atoms with Crippen LogP contribution in [0, 0.1) is 0 Å². The van der Waals surface area contributed by atoms with Gasteiger partial charge in [0.25, 0.3) is 5.91 Å². The van der Waals surface area contributed by atoms with Crippen molar-refractivity contribution in [3.63, 3.8) is 0 Å². The maximum Gasteiger partial charge on any atom is 0.269 e. The van der Waals surface area contributed by atoms with Gasteiger partial charge >= 0.3 is 0 Å². The highest BCUT2D eigenvalue weighted by Gasteiger charge is 2.28. The molecule has 0 bridgehead atoms. The number of carbonyl (C=O) groups excluding carboxylic acids is 1. The van der Waals surface area contributed by atoms with E-state index in [1.165, 1.54) is 22.5 Å². The van der Waals surface area contributed by atoms with E-state index < -0.39 is 15.9 Å². The van der Waals surface area contributed by atoms with Gasteiger partial charge in [-0.25, -0.2) is 8.42 Å². The molecule has 1 fully saturated rings. The normalized spacial score (nSPS) is 15.7. The Kier molecular flexibility index (Phi) is 6.36. The summed E-state index contributed by atoms with van der Waals surface area (Å²) in [6.45, 7) is 0.954. The maximum atomic E-state index is 13.0. The van der Waals surface area contributed by atoms with Crippen LogP contribution in [-0.4, -0.2) is 31.7 Å². The molecule has 1 aliphatic heterocycles. The van der Waals surface area contributed by atoms with Crippen LogP contribution in [0.1, 0.15) is 36.0 Å². The summed E-state index contributed by atoms with van der Waals surface area (Å²) in [5, 5.41) is 0.117. The van der Waals surface area contributed by atoms with Gasteiger partial charge < -0.3 is 0 Å². The van der Waals surface area contributed by atoms with Gasteiger partial charge in [0.1, 0.15) is 4.90 Å². The molecule has 0 radical (unpaired) electrons. The zero-order valence-electron chi connectivity index (χ0n) is 14.8. The summed E-state index contributed by atoms with van der Waals surface area (Å²) in [7, 11) is -3.74. The second-order valence-electron chi connectivity index (χ2n) is 6.41. The number of amides is 1. The molecule has 2 N–H and O–H groups in total. The Morgan fingerprint density at radius 3 is 2.30 bits per heavy atom. The van der Waals surface area contributed by atoms with E-state index in [9.17, 15) is 13.2 Å². The molecule has 2 aromatic rings. The van der Waals surface area contributed by atoms with E-state index >= 15 is 0 Å². The fraction of sp³-hybridized carbons (Fsp3) is 0.316. The van der Waals surface area contributed by atoms with E-state index in [2.05, 4.69) is 10.9 Å². The molecular weight excluding hydrogens is 386 g/mol. The minimum absolute atomic E-state index is 0.0292. The molecule has 3 rings (SSSR count). The summed E-state index contributed by atoms with van der Waals surface area (Å²) in [4.78, 5) is 12.4. The van der Waals surface area contributed by atoms with Crippen LogP contribution < -0.4 is 10.9 Å². The standard InChI is InChI=1S/C19H22ClN3O3S/c20-17-11-10-15(19(24)22-21-16-8-4-3-5-9-16)14-18(17)27(25,26)23-12-6-1-2-7-13-23/h3-5,8-11,14,21H,1-2,6-7,12-13H2,(H,22,24). The third kappa shape index (κ3) is 4.80. The number of hydrogen-bond acceptors (Lipinski definition) is 4. The average molecular weight is 408 g/mol. The topological polar surface area (TPSA) is 78.5 Å². The molecular formula is C19H22ClN3O3S. The van der Waals surface area contributed by atoms with Gasteiger partial charge in [0, 0.05) is 18.7 Å². The first-order valence-corrected chi connectivity index (χ1v) is 10.7. The Morgan fingerprint density at radius 1 is 0.963 bits per heavy atom. The number of benzene rings is 2. The molecule has 1 aliphatic rings. The van der Waals surface area contributed by atoms with Crippen molar-refractivity contribution >= 4 is 33.2 Å². The van der Waals surface area contributed by atoms with Gasteiger partial charge in [-0.1, -0.05) is 42.6 Å². The summed E-state index contributed by atoms with van der Waals surface area (Å²) in [6.07, 6.45) is 3.71. The number of sulfonamides is 1. The molecule has 0 atom stereocenters. The first kappa shape index (κ1) is 19.7. The molecule has 1 amide bonds. The Hall–Kier alpha value is -2.09. The highest BCUT2D eigenvalue weighted by Crippen LogP contribution is 2.27. The number of carbonyl (C=O) groups is 1. The highest BCUT2D eigenvalue weighted by atomic mass is 35.5. The SMILES string of the molecule is O=C(NNc1ccccc1)c1ccc(Cl)c(S(=O)(=O)N2CCCCCC2)c1. The zero-order valence-corrected chi connectivity index (χ0v) is 16.4. The monoisotopic (exact) mass is 407 g/mol. The maximum absolute atomic E-state index is 13.0. The Bertz CT molecular complexity index is 896. The highest BCUT2D eigenvalue weighted by molar-refractivity contribution is 7.89. The predicted molar refractivity (Wildman–Crippen MR) is 106 cm³/mol. The Morgan fingerprint density at radius 2 is 1.63 bits per heavy atom. The quantitative estimate of drug-likeness (QED) is 0.741. The lowest BCUT2D eigenvalue weighted by molar-refractivity contribution is 0.0962. The van der Waals surface area contributed by atoms with Crippen LogP contribution in [0.15, 0.2) is 53.4 Å². The summed E-state index contributed by atoms with van der Waals surface area (Å²) < 4.78 is 27.5. The number of para-hydroxylation sites is 1. The summed E-state index contributed by atoms with van der Waals surface area (Å²) in [5.41, 5.74) is 6.30. The van der Waals surface area contributed by atoms with Crippen LogP contribution in [0.4, 0.5) is 5.69 Å². The average Bonchev–Trinajstić information content (AvgIpc) is 2.97. The van der Waals surface area contributed by atoms with Gasteiger partial charge in [-0.05, 0) is 43.2 Å². The summed E-state index contributed by atoms with van der Waals surface area (Å²) in [5.74, 6) is -0.442. The van der Waals surface area contributed by atoms with Gasteiger partial charge in [-0.2, -0.15) is 4.31 Å². The molecule has 0 aliphatic carbocycles. The Labute approximate surface area is 164 Å². The number of nitrogens with one attached hydrogen (secondary N) is 2. The van der Waals surface area contributed by atoms with Gasteiger partial charge in [0.15, 0.2) is 0 Å². The van der Waals surface area contributed by atoms with Crippen molar-refractivity contribution in [1.29, 1.82) is 0 Å². The van der Waals surface area contributed by atoms with Gasteiger partial charge in [0.05, 0.1) is 10.7 Å². The van der Waals surface area contributed by atoms with E-state index in [0.29, 0.717) is 13.1 Å². The predicted octanol–water partition coefficient (Wildman–Crippen LogP) is 3.66. The van der Waals surface area contributed by atoms with Crippen molar-refractivity contribution in [1.82, 2.24) is 9.73 Å². The molecule has 0 aromatic heterocycles. The van der Waals surface area contributed by atoms with Crippen molar-refractivity contribution in [2.75, 3.05) is 18.5 Å². The minimum atomic E-state index is -3.74. The van der Waals surface area contributed by atoms with Crippen molar-refractivity contribution in [2.45, 2.75) is 30.6 Å². The number of rotatable bonds is 5. The zero-order chi connectivity index (χ0) is 19.3. The fourth-order valence-electron chi connectivity index (χ4n) is 2.99. The molecule has 1 saturated heterocycles. The van der Waals surface area contributed by atoms with Gasteiger partial charge in [0.2, 0.25) is 10.0 Å². The van der Waals surface area contributed by atoms with Gasteiger partial charge in [-0.15, -0.1) is 0 Å². The number of nitrogens with zero attached hydrogens (tertiary/aromatic N) is 1. The number of hydrogen-bond donors (Lipinski definition) is 2. The molecule has 27 heavy (non-hydrogen) atoms. The van der Waals surface area contributed by atoms with Crippen LogP contribution in [-0.2, 0) is 10.0 Å². The van der Waals surface area contributed by atoms with Crippen molar-refractivity contribution in [3.05, 3.63) is 59.1 Å². The molecule has 2 aromatic carbocycles. The van der Waals surface area contributed by atoms with E-state index in [-0.39, 0.29) is 15.5 Å². The lowest BCUT2D eigenvalue weighted by atomic mass is 10.2. The number of halogens is 1. The van der Waals surface area contributed by atoms with Crippen LogP contribution in [0.3, 0.4) is 0 Å². The Balaban J connectivity index is 1.80.